The second kappa shape index (κ2) is 5.81. The molecule has 0 spiro atoms. The highest BCUT2D eigenvalue weighted by Gasteiger charge is 2.23. The van der Waals surface area contributed by atoms with E-state index in [-0.39, 0.29) is 18.9 Å². The van der Waals surface area contributed by atoms with Gasteiger partial charge in [0.2, 0.25) is 0 Å². The van der Waals surface area contributed by atoms with Crippen molar-refractivity contribution in [2.24, 2.45) is 10.7 Å². The quantitative estimate of drug-likeness (QED) is 0.779. The zero-order chi connectivity index (χ0) is 16.7. The molecule has 4 rings (SSSR count). The third-order valence-corrected chi connectivity index (χ3v) is 4.09. The highest BCUT2D eigenvalue weighted by atomic mass is 35.5. The lowest BCUT2D eigenvalue weighted by Crippen LogP contribution is -2.10. The van der Waals surface area contributed by atoms with Gasteiger partial charge in [-0.1, -0.05) is 23.7 Å². The van der Waals surface area contributed by atoms with Gasteiger partial charge in [-0.3, -0.25) is 4.99 Å². The predicted molar refractivity (Wildman–Crippen MR) is 90.0 cm³/mol. The summed E-state index contributed by atoms with van der Waals surface area (Å²) in [5.74, 6) is 0.859. The number of aliphatic imine (C=N–C) groups is 1. The van der Waals surface area contributed by atoms with Gasteiger partial charge in [0.25, 0.3) is 0 Å². The van der Waals surface area contributed by atoms with E-state index in [0.717, 1.165) is 5.69 Å². The van der Waals surface area contributed by atoms with Crippen LogP contribution in [0.15, 0.2) is 47.5 Å². The summed E-state index contributed by atoms with van der Waals surface area (Å²) in [7, 11) is 0. The molecule has 2 heterocycles. The lowest BCUT2D eigenvalue weighted by Gasteiger charge is -2.11. The fourth-order valence-corrected chi connectivity index (χ4v) is 2.95. The number of fused-ring (bicyclic) bond motifs is 3. The van der Waals surface area contributed by atoms with Crippen molar-refractivity contribution in [1.82, 2.24) is 14.8 Å². The maximum atomic E-state index is 14.3. The van der Waals surface area contributed by atoms with Crippen LogP contribution >= 0.6 is 11.6 Å². The highest BCUT2D eigenvalue weighted by Crippen LogP contribution is 2.27. The molecule has 0 bridgehead atoms. The van der Waals surface area contributed by atoms with E-state index in [4.69, 9.17) is 17.3 Å². The van der Waals surface area contributed by atoms with Gasteiger partial charge in [-0.05, 0) is 30.3 Å². The van der Waals surface area contributed by atoms with Gasteiger partial charge in [-0.2, -0.15) is 0 Å². The van der Waals surface area contributed by atoms with Crippen LogP contribution in [0.4, 0.5) is 4.39 Å². The average Bonchev–Trinajstić information content (AvgIpc) is 2.94. The van der Waals surface area contributed by atoms with E-state index in [1.807, 2.05) is 6.07 Å². The molecule has 1 aromatic heterocycles. The Labute approximate surface area is 142 Å². The van der Waals surface area contributed by atoms with Crippen molar-refractivity contribution in [2.75, 3.05) is 0 Å². The Kier molecular flexibility index (Phi) is 3.63. The highest BCUT2D eigenvalue weighted by molar-refractivity contribution is 6.31. The Bertz CT molecular complexity index is 963. The van der Waals surface area contributed by atoms with E-state index in [9.17, 15) is 4.39 Å². The summed E-state index contributed by atoms with van der Waals surface area (Å²) in [6, 6.07) is 11.9. The van der Waals surface area contributed by atoms with Gasteiger partial charge in [-0.15, -0.1) is 5.10 Å². The van der Waals surface area contributed by atoms with Crippen LogP contribution in [0.2, 0.25) is 5.02 Å². The Morgan fingerprint density at radius 3 is 2.79 bits per heavy atom. The number of benzene rings is 2. The second-order valence-electron chi connectivity index (χ2n) is 5.37. The summed E-state index contributed by atoms with van der Waals surface area (Å²) >= 11 is 6.17. The first-order chi connectivity index (χ1) is 11.7. The Hall–Kier alpha value is -2.57. The second-order valence-corrected chi connectivity index (χ2v) is 5.80. The molecule has 0 atom stereocenters. The number of aromatic nitrogens is 3. The van der Waals surface area contributed by atoms with Crippen molar-refractivity contribution in [2.45, 2.75) is 13.1 Å². The van der Waals surface area contributed by atoms with Gasteiger partial charge in [0, 0.05) is 16.1 Å². The van der Waals surface area contributed by atoms with Gasteiger partial charge >= 0.3 is 0 Å². The average molecular weight is 342 g/mol. The topological polar surface area (TPSA) is 69.1 Å². The van der Waals surface area contributed by atoms with Crippen LogP contribution in [0.1, 0.15) is 22.8 Å². The molecule has 1 aliphatic heterocycles. The molecule has 120 valence electrons. The summed E-state index contributed by atoms with van der Waals surface area (Å²) < 4.78 is 16.0. The fourth-order valence-electron chi connectivity index (χ4n) is 2.77. The van der Waals surface area contributed by atoms with Crippen molar-refractivity contribution in [3.05, 3.63) is 76.1 Å². The van der Waals surface area contributed by atoms with Crippen molar-refractivity contribution >= 4 is 17.3 Å². The first-order valence-electron chi connectivity index (χ1n) is 7.42. The van der Waals surface area contributed by atoms with E-state index in [0.29, 0.717) is 33.5 Å². The molecule has 0 saturated heterocycles. The molecule has 0 radical (unpaired) electrons. The third-order valence-electron chi connectivity index (χ3n) is 3.85. The van der Waals surface area contributed by atoms with E-state index in [2.05, 4.69) is 15.1 Å². The van der Waals surface area contributed by atoms with Crippen molar-refractivity contribution < 1.29 is 4.39 Å². The third kappa shape index (κ3) is 2.40. The maximum absolute atomic E-state index is 14.3. The standard InChI is InChI=1S/C17H13ClFN5/c18-10-5-6-14-12(7-10)17(11-3-1-2-4-13(11)19)21-9-16-22-15(8-20)23-24(14)16/h1-7H,8-9,20H2. The van der Waals surface area contributed by atoms with Crippen LogP contribution in [0.25, 0.3) is 5.69 Å². The van der Waals surface area contributed by atoms with E-state index in [1.54, 1.807) is 35.0 Å². The number of hydrogen-bond donors (Lipinski definition) is 1. The largest absolute Gasteiger partial charge is 0.324 e. The molecule has 3 aromatic rings. The van der Waals surface area contributed by atoms with E-state index in [1.165, 1.54) is 6.07 Å². The van der Waals surface area contributed by atoms with Crippen LogP contribution < -0.4 is 5.73 Å². The minimum Gasteiger partial charge on any atom is -0.324 e. The van der Waals surface area contributed by atoms with Gasteiger partial charge in [0.05, 0.1) is 24.5 Å². The molecule has 5 nitrogen and oxygen atoms in total. The minimum absolute atomic E-state index is 0.243. The first kappa shape index (κ1) is 15.0. The predicted octanol–water partition coefficient (Wildman–Crippen LogP) is 2.87. The molecule has 0 aliphatic carbocycles. The molecule has 2 N–H and O–H groups in total. The van der Waals surface area contributed by atoms with E-state index >= 15 is 0 Å². The van der Waals surface area contributed by atoms with Crippen LogP contribution in [-0.2, 0) is 13.1 Å². The fraction of sp³-hybridized carbons (Fsp3) is 0.118. The minimum atomic E-state index is -0.336. The molecule has 1 aliphatic rings. The van der Waals surface area contributed by atoms with Crippen molar-refractivity contribution in [1.29, 1.82) is 0 Å². The zero-order valence-electron chi connectivity index (χ0n) is 12.6. The molecule has 24 heavy (non-hydrogen) atoms. The van der Waals surface area contributed by atoms with Crippen LogP contribution in [0.5, 0.6) is 0 Å². The molecule has 2 aromatic carbocycles. The number of hydrogen-bond acceptors (Lipinski definition) is 4. The summed E-state index contributed by atoms with van der Waals surface area (Å²) in [5.41, 5.74) is 8.05. The molecule has 0 saturated carbocycles. The molecular weight excluding hydrogens is 329 g/mol. The SMILES string of the molecule is NCc1nc2n(n1)-c1ccc(Cl)cc1C(c1ccccc1F)=NC2. The van der Waals surface area contributed by atoms with Gasteiger partial charge < -0.3 is 5.73 Å². The maximum Gasteiger partial charge on any atom is 0.164 e. The number of nitrogens with zero attached hydrogens (tertiary/aromatic N) is 4. The molecule has 7 heteroatoms. The van der Waals surface area contributed by atoms with E-state index < -0.39 is 0 Å². The molecule has 0 unspecified atom stereocenters. The summed E-state index contributed by atoms with van der Waals surface area (Å²) in [6.07, 6.45) is 0. The summed E-state index contributed by atoms with van der Waals surface area (Å²) in [4.78, 5) is 8.97. The van der Waals surface area contributed by atoms with Gasteiger partial charge in [-0.25, -0.2) is 14.1 Å². The Morgan fingerprint density at radius 2 is 2.00 bits per heavy atom. The van der Waals surface area contributed by atoms with Gasteiger partial charge in [0.1, 0.15) is 5.82 Å². The molecular formula is C17H13ClFN5. The molecule has 0 amide bonds. The van der Waals surface area contributed by atoms with Crippen LogP contribution in [0.3, 0.4) is 0 Å². The van der Waals surface area contributed by atoms with Crippen LogP contribution in [0, 0.1) is 5.82 Å². The summed E-state index contributed by atoms with van der Waals surface area (Å²) in [6.45, 7) is 0.524. The first-order valence-corrected chi connectivity index (χ1v) is 7.79. The van der Waals surface area contributed by atoms with Crippen molar-refractivity contribution in [3.8, 4) is 5.69 Å². The van der Waals surface area contributed by atoms with Crippen molar-refractivity contribution in [3.63, 3.8) is 0 Å². The Balaban J connectivity index is 1.98. The monoisotopic (exact) mass is 341 g/mol. The lowest BCUT2D eigenvalue weighted by molar-refractivity contribution is 0.625. The summed E-state index contributed by atoms with van der Waals surface area (Å²) in [5, 5.41) is 4.96. The zero-order valence-corrected chi connectivity index (χ0v) is 13.3. The Morgan fingerprint density at radius 1 is 1.17 bits per heavy atom. The smallest absolute Gasteiger partial charge is 0.164 e. The number of rotatable bonds is 2. The normalized spacial score (nSPS) is 13.0. The molecule has 0 fully saturated rings. The lowest BCUT2D eigenvalue weighted by atomic mass is 10.00. The van der Waals surface area contributed by atoms with Crippen LogP contribution in [-0.4, -0.2) is 20.5 Å². The number of nitrogens with two attached hydrogens (primary N) is 1. The van der Waals surface area contributed by atoms with Gasteiger partial charge in [0.15, 0.2) is 11.6 Å². The number of halogens is 2.